The highest BCUT2D eigenvalue weighted by Crippen LogP contribution is 2.13. The van der Waals surface area contributed by atoms with Gasteiger partial charge >= 0.3 is 0 Å². The molecule has 1 unspecified atom stereocenters. The maximum absolute atomic E-state index is 5.50. The fraction of sp³-hybridized carbons (Fsp3) is 0.667. The Balaban J connectivity index is 2.64. The molecule has 1 heterocycles. The largest absolute Gasteiger partial charge is 0.367 e. The summed E-state index contributed by atoms with van der Waals surface area (Å²) >= 11 is 0. The number of hydrogen-bond acceptors (Lipinski definition) is 5. The molecule has 0 spiro atoms. The van der Waals surface area contributed by atoms with Crippen LogP contribution < -0.4 is 16.0 Å². The number of nitrogens with zero attached hydrogens (tertiary/aromatic N) is 3. The lowest BCUT2D eigenvalue weighted by Crippen LogP contribution is -2.22. The Morgan fingerprint density at radius 3 is 2.88 bits per heavy atom. The molecule has 1 aromatic rings. The standard InChI is InChI=1S/C12H23N5/c1-4-10(2)16-11-8-12(15-9-14-11)17(3)7-5-6-13/h8-10H,4-7,13H2,1-3H3,(H,14,15,16). The van der Waals surface area contributed by atoms with Gasteiger partial charge in [0.15, 0.2) is 0 Å². The third-order valence-electron chi connectivity index (χ3n) is 2.75. The summed E-state index contributed by atoms with van der Waals surface area (Å²) in [6, 6.07) is 2.40. The second-order valence-corrected chi connectivity index (χ2v) is 4.28. The molecule has 0 aliphatic heterocycles. The molecule has 3 N–H and O–H groups in total. The van der Waals surface area contributed by atoms with Crippen molar-refractivity contribution in [1.82, 2.24) is 9.97 Å². The van der Waals surface area contributed by atoms with E-state index in [2.05, 4.69) is 34.0 Å². The average molecular weight is 237 g/mol. The Morgan fingerprint density at radius 2 is 2.24 bits per heavy atom. The Hall–Kier alpha value is -1.36. The third-order valence-corrected chi connectivity index (χ3v) is 2.75. The maximum atomic E-state index is 5.50. The molecule has 1 aromatic heterocycles. The lowest BCUT2D eigenvalue weighted by atomic mass is 10.2. The van der Waals surface area contributed by atoms with Gasteiger partial charge in [0, 0.05) is 25.7 Å². The zero-order valence-corrected chi connectivity index (χ0v) is 11.0. The number of nitrogens with two attached hydrogens (primary N) is 1. The Kier molecular flexibility index (Phi) is 5.69. The molecule has 0 radical (unpaired) electrons. The first-order valence-electron chi connectivity index (χ1n) is 6.17. The first-order chi connectivity index (χ1) is 8.17. The Bertz CT molecular complexity index is 328. The van der Waals surface area contributed by atoms with Crippen molar-refractivity contribution in [3.63, 3.8) is 0 Å². The van der Waals surface area contributed by atoms with E-state index in [-0.39, 0.29) is 0 Å². The topological polar surface area (TPSA) is 67.1 Å². The van der Waals surface area contributed by atoms with Gasteiger partial charge in [0.2, 0.25) is 0 Å². The van der Waals surface area contributed by atoms with E-state index < -0.39 is 0 Å². The summed E-state index contributed by atoms with van der Waals surface area (Å²) in [4.78, 5) is 10.6. The van der Waals surface area contributed by atoms with Gasteiger partial charge in [0.25, 0.3) is 0 Å². The fourth-order valence-electron chi connectivity index (χ4n) is 1.43. The highest BCUT2D eigenvalue weighted by molar-refractivity contribution is 5.48. The first-order valence-corrected chi connectivity index (χ1v) is 6.17. The van der Waals surface area contributed by atoms with Crippen molar-refractivity contribution in [2.45, 2.75) is 32.7 Å². The van der Waals surface area contributed by atoms with Gasteiger partial charge in [-0.25, -0.2) is 9.97 Å². The second kappa shape index (κ2) is 7.06. The minimum absolute atomic E-state index is 0.423. The van der Waals surface area contributed by atoms with Crippen LogP contribution in [0.1, 0.15) is 26.7 Å². The molecule has 5 heteroatoms. The molecule has 96 valence electrons. The average Bonchev–Trinajstić information content (AvgIpc) is 2.36. The summed E-state index contributed by atoms with van der Waals surface area (Å²) in [7, 11) is 2.02. The minimum Gasteiger partial charge on any atom is -0.367 e. The number of aromatic nitrogens is 2. The zero-order chi connectivity index (χ0) is 12.7. The summed E-state index contributed by atoms with van der Waals surface area (Å²) in [6.45, 7) is 5.90. The van der Waals surface area contributed by atoms with Crippen LogP contribution >= 0.6 is 0 Å². The number of hydrogen-bond donors (Lipinski definition) is 2. The molecule has 17 heavy (non-hydrogen) atoms. The predicted octanol–water partition coefficient (Wildman–Crippen LogP) is 1.47. The lowest BCUT2D eigenvalue weighted by molar-refractivity contribution is 0.755. The van der Waals surface area contributed by atoms with E-state index in [4.69, 9.17) is 5.73 Å². The molecular weight excluding hydrogens is 214 g/mol. The van der Waals surface area contributed by atoms with Gasteiger partial charge in [-0.05, 0) is 26.3 Å². The van der Waals surface area contributed by atoms with Crippen LogP contribution in [0.15, 0.2) is 12.4 Å². The molecule has 0 aromatic carbocycles. The summed E-state index contributed by atoms with van der Waals surface area (Å²) in [5.74, 6) is 1.81. The predicted molar refractivity (Wildman–Crippen MR) is 72.3 cm³/mol. The fourth-order valence-corrected chi connectivity index (χ4v) is 1.43. The van der Waals surface area contributed by atoms with Crippen LogP contribution in [0.3, 0.4) is 0 Å². The number of nitrogens with one attached hydrogen (secondary N) is 1. The van der Waals surface area contributed by atoms with E-state index in [1.807, 2.05) is 13.1 Å². The smallest absolute Gasteiger partial charge is 0.133 e. The van der Waals surface area contributed by atoms with Crippen molar-refractivity contribution in [1.29, 1.82) is 0 Å². The van der Waals surface area contributed by atoms with Gasteiger partial charge in [-0.15, -0.1) is 0 Å². The van der Waals surface area contributed by atoms with Crippen LogP contribution in [0.5, 0.6) is 0 Å². The van der Waals surface area contributed by atoms with Crippen molar-refractivity contribution in [2.75, 3.05) is 30.4 Å². The molecule has 1 rings (SSSR count). The Labute approximate surface area is 103 Å². The number of anilines is 2. The minimum atomic E-state index is 0.423. The molecule has 0 bridgehead atoms. The quantitative estimate of drug-likeness (QED) is 0.751. The number of rotatable bonds is 7. The van der Waals surface area contributed by atoms with Crippen LogP contribution in [-0.4, -0.2) is 36.1 Å². The summed E-state index contributed by atoms with van der Waals surface area (Å²) < 4.78 is 0. The first kappa shape index (κ1) is 13.7. The molecule has 0 aliphatic carbocycles. The molecule has 1 atom stereocenters. The molecule has 0 aliphatic rings. The highest BCUT2D eigenvalue weighted by Gasteiger charge is 2.05. The van der Waals surface area contributed by atoms with Crippen LogP contribution in [-0.2, 0) is 0 Å². The van der Waals surface area contributed by atoms with E-state index in [1.54, 1.807) is 6.33 Å². The summed E-state index contributed by atoms with van der Waals surface area (Å²) in [5.41, 5.74) is 5.50. The van der Waals surface area contributed by atoms with Gasteiger partial charge in [-0.1, -0.05) is 6.92 Å². The van der Waals surface area contributed by atoms with Crippen LogP contribution in [0.4, 0.5) is 11.6 Å². The van der Waals surface area contributed by atoms with Crippen LogP contribution in [0, 0.1) is 0 Å². The van der Waals surface area contributed by atoms with E-state index in [1.165, 1.54) is 0 Å². The SMILES string of the molecule is CCC(C)Nc1cc(N(C)CCCN)ncn1. The van der Waals surface area contributed by atoms with E-state index in [0.717, 1.165) is 31.0 Å². The molecule has 0 saturated carbocycles. The van der Waals surface area contributed by atoms with Crippen molar-refractivity contribution < 1.29 is 0 Å². The van der Waals surface area contributed by atoms with Crippen molar-refractivity contribution in [3.8, 4) is 0 Å². The van der Waals surface area contributed by atoms with Crippen molar-refractivity contribution in [3.05, 3.63) is 12.4 Å². The van der Waals surface area contributed by atoms with E-state index in [9.17, 15) is 0 Å². The molecule has 0 saturated heterocycles. The summed E-state index contributed by atoms with van der Waals surface area (Å²) in [5, 5.41) is 3.34. The van der Waals surface area contributed by atoms with Gasteiger partial charge in [0.05, 0.1) is 0 Å². The van der Waals surface area contributed by atoms with Crippen molar-refractivity contribution in [2.24, 2.45) is 5.73 Å². The third kappa shape index (κ3) is 4.56. The Morgan fingerprint density at radius 1 is 1.47 bits per heavy atom. The van der Waals surface area contributed by atoms with E-state index in [0.29, 0.717) is 12.6 Å². The monoisotopic (exact) mass is 237 g/mol. The van der Waals surface area contributed by atoms with Gasteiger partial charge in [0.1, 0.15) is 18.0 Å². The molecule has 5 nitrogen and oxygen atoms in total. The van der Waals surface area contributed by atoms with Gasteiger partial charge in [-0.3, -0.25) is 0 Å². The van der Waals surface area contributed by atoms with Crippen molar-refractivity contribution >= 4 is 11.6 Å². The van der Waals surface area contributed by atoms with Crippen LogP contribution in [0.25, 0.3) is 0 Å². The molecular formula is C12H23N5. The normalized spacial score (nSPS) is 12.2. The molecule has 0 fully saturated rings. The van der Waals surface area contributed by atoms with Gasteiger partial charge in [-0.2, -0.15) is 0 Å². The second-order valence-electron chi connectivity index (χ2n) is 4.28. The maximum Gasteiger partial charge on any atom is 0.133 e. The van der Waals surface area contributed by atoms with Gasteiger partial charge < -0.3 is 16.0 Å². The molecule has 0 amide bonds. The highest BCUT2D eigenvalue weighted by atomic mass is 15.2. The van der Waals surface area contributed by atoms with Crippen LogP contribution in [0.2, 0.25) is 0 Å². The lowest BCUT2D eigenvalue weighted by Gasteiger charge is -2.19. The zero-order valence-electron chi connectivity index (χ0n) is 11.0. The van der Waals surface area contributed by atoms with E-state index >= 15 is 0 Å². The summed E-state index contributed by atoms with van der Waals surface area (Å²) in [6.07, 6.45) is 3.63.